The Morgan fingerprint density at radius 2 is 1.44 bits per heavy atom. The van der Waals surface area contributed by atoms with Gasteiger partial charge in [0.15, 0.2) is 0 Å². The van der Waals surface area contributed by atoms with Crippen molar-refractivity contribution < 1.29 is 19.1 Å². The highest BCUT2D eigenvalue weighted by atomic mass is 16.5. The topological polar surface area (TPSA) is 153 Å². The van der Waals surface area contributed by atoms with Crippen LogP contribution in [0.2, 0.25) is 0 Å². The number of ether oxygens (including phenoxy) is 2. The summed E-state index contributed by atoms with van der Waals surface area (Å²) >= 11 is 0. The van der Waals surface area contributed by atoms with Crippen LogP contribution in [-0.2, 0) is 26.2 Å². The number of amides is 1. The molecule has 3 aromatic heterocycles. The first-order chi connectivity index (χ1) is 21.6. The summed E-state index contributed by atoms with van der Waals surface area (Å²) in [6.45, 7) is 15.2. The second kappa shape index (κ2) is 16.3. The van der Waals surface area contributed by atoms with Crippen molar-refractivity contribution in [2.75, 3.05) is 69.0 Å². The molecule has 1 saturated heterocycles. The molecule has 0 radical (unpaired) electrons. The molecule has 1 fully saturated rings. The Bertz CT molecular complexity index is 1350. The van der Waals surface area contributed by atoms with Gasteiger partial charge in [0, 0.05) is 89.1 Å². The Labute approximate surface area is 264 Å². The molecule has 0 saturated carbocycles. The molecule has 0 aliphatic carbocycles. The Hall–Kier alpha value is -4.04. The fourth-order valence-corrected chi connectivity index (χ4v) is 4.49. The fourth-order valence-electron chi connectivity index (χ4n) is 4.49. The van der Waals surface area contributed by atoms with Crippen LogP contribution in [0.3, 0.4) is 0 Å². The van der Waals surface area contributed by atoms with Gasteiger partial charge in [0.1, 0.15) is 5.78 Å². The zero-order valence-electron chi connectivity index (χ0n) is 27.1. The van der Waals surface area contributed by atoms with Gasteiger partial charge < -0.3 is 24.6 Å². The van der Waals surface area contributed by atoms with Crippen LogP contribution in [0.25, 0.3) is 0 Å². The average molecular weight is 623 g/mol. The minimum Gasteiger partial charge on any atom is -0.379 e. The van der Waals surface area contributed by atoms with E-state index >= 15 is 0 Å². The Kier molecular flexibility index (Phi) is 12.3. The van der Waals surface area contributed by atoms with Crippen LogP contribution in [0.5, 0.6) is 0 Å². The lowest BCUT2D eigenvalue weighted by molar-refractivity contribution is -0.123. The number of carbonyl (C=O) groups is 2. The normalized spacial score (nSPS) is 13.8. The van der Waals surface area contributed by atoms with Gasteiger partial charge in [-0.1, -0.05) is 19.1 Å². The predicted molar refractivity (Wildman–Crippen MR) is 169 cm³/mol. The van der Waals surface area contributed by atoms with E-state index in [-0.39, 0.29) is 23.1 Å². The van der Waals surface area contributed by atoms with E-state index in [0.717, 1.165) is 24.3 Å². The van der Waals surface area contributed by atoms with Crippen LogP contribution in [0.4, 0.5) is 11.9 Å². The number of nitrogens with one attached hydrogen (secondary N) is 1. The lowest BCUT2D eigenvalue weighted by Crippen LogP contribution is -2.47. The highest BCUT2D eigenvalue weighted by molar-refractivity contribution is 5.93. The first-order valence-corrected chi connectivity index (χ1v) is 15.6. The van der Waals surface area contributed by atoms with Gasteiger partial charge in [-0.15, -0.1) is 5.10 Å². The minimum absolute atomic E-state index is 0.0401. The van der Waals surface area contributed by atoms with E-state index in [1.54, 1.807) is 12.4 Å². The molecule has 1 aliphatic heterocycles. The molecule has 0 spiro atoms. The maximum absolute atomic E-state index is 12.5. The Morgan fingerprint density at radius 3 is 2.00 bits per heavy atom. The summed E-state index contributed by atoms with van der Waals surface area (Å²) in [6.07, 6.45) is 10.5. The predicted octanol–water partition coefficient (Wildman–Crippen LogP) is 2.30. The lowest BCUT2D eigenvalue weighted by atomic mass is 10.1. The third-order valence-electron chi connectivity index (χ3n) is 7.31. The first-order valence-electron chi connectivity index (χ1n) is 15.6. The van der Waals surface area contributed by atoms with E-state index < -0.39 is 0 Å². The molecule has 0 atom stereocenters. The number of hydrogen-bond donors (Lipinski definition) is 1. The molecule has 4 rings (SSSR count). The van der Waals surface area contributed by atoms with Crippen molar-refractivity contribution in [2.24, 2.45) is 5.92 Å². The van der Waals surface area contributed by atoms with E-state index in [1.165, 1.54) is 0 Å². The van der Waals surface area contributed by atoms with Gasteiger partial charge >= 0.3 is 0 Å². The molecule has 0 bridgehead atoms. The molecular weight excluding hydrogens is 576 g/mol. The Balaban J connectivity index is 1.11. The molecule has 1 amide bonds. The summed E-state index contributed by atoms with van der Waals surface area (Å²) in [4.78, 5) is 46.3. The molecule has 244 valence electrons. The summed E-state index contributed by atoms with van der Waals surface area (Å²) in [5.74, 6) is 1.31. The third kappa shape index (κ3) is 10.5. The SMILES string of the molecule is CC(C)C(=O)CCOCCOCCCNC(=O)c1cnc(N2CCN(c3ncc(Cc4cn(C(C)(C)C)nn4)cn3)CC2)nc1. The average Bonchev–Trinajstić information content (AvgIpc) is 3.51. The number of ketones is 1. The van der Waals surface area contributed by atoms with Gasteiger partial charge in [0.2, 0.25) is 11.9 Å². The first kappa shape index (κ1) is 33.8. The number of piperazine rings is 1. The largest absolute Gasteiger partial charge is 0.379 e. The maximum Gasteiger partial charge on any atom is 0.254 e. The van der Waals surface area contributed by atoms with E-state index in [4.69, 9.17) is 9.47 Å². The minimum atomic E-state index is -0.219. The van der Waals surface area contributed by atoms with Crippen LogP contribution >= 0.6 is 0 Å². The highest BCUT2D eigenvalue weighted by Gasteiger charge is 2.21. The third-order valence-corrected chi connectivity index (χ3v) is 7.31. The second-order valence-electron chi connectivity index (χ2n) is 12.3. The number of anilines is 2. The van der Waals surface area contributed by atoms with Crippen LogP contribution < -0.4 is 15.1 Å². The number of carbonyl (C=O) groups excluding carboxylic acids is 2. The van der Waals surface area contributed by atoms with Gasteiger partial charge in [0.25, 0.3) is 5.91 Å². The number of rotatable bonds is 16. The van der Waals surface area contributed by atoms with E-state index in [0.29, 0.717) is 82.8 Å². The smallest absolute Gasteiger partial charge is 0.254 e. The van der Waals surface area contributed by atoms with Gasteiger partial charge in [-0.25, -0.2) is 24.6 Å². The summed E-state index contributed by atoms with van der Waals surface area (Å²) in [7, 11) is 0. The molecule has 1 aliphatic rings. The summed E-state index contributed by atoms with van der Waals surface area (Å²) in [6, 6.07) is 0. The highest BCUT2D eigenvalue weighted by Crippen LogP contribution is 2.17. The molecule has 14 nitrogen and oxygen atoms in total. The summed E-state index contributed by atoms with van der Waals surface area (Å²) < 4.78 is 12.8. The second-order valence-corrected chi connectivity index (χ2v) is 12.3. The van der Waals surface area contributed by atoms with Gasteiger partial charge in [-0.05, 0) is 32.8 Å². The molecule has 45 heavy (non-hydrogen) atoms. The van der Waals surface area contributed by atoms with Crippen molar-refractivity contribution in [1.29, 1.82) is 0 Å². The van der Waals surface area contributed by atoms with Crippen molar-refractivity contribution in [3.05, 3.63) is 47.8 Å². The van der Waals surface area contributed by atoms with Crippen molar-refractivity contribution in [3.8, 4) is 0 Å². The number of aromatic nitrogens is 7. The monoisotopic (exact) mass is 622 g/mol. The van der Waals surface area contributed by atoms with Crippen molar-refractivity contribution in [3.63, 3.8) is 0 Å². The van der Waals surface area contributed by atoms with Gasteiger partial charge in [-0.2, -0.15) is 0 Å². The number of hydrogen-bond acceptors (Lipinski definition) is 12. The van der Waals surface area contributed by atoms with Crippen LogP contribution in [0.1, 0.15) is 69.1 Å². The Morgan fingerprint density at radius 1 is 0.867 bits per heavy atom. The molecule has 0 aromatic carbocycles. The quantitative estimate of drug-likeness (QED) is 0.233. The van der Waals surface area contributed by atoms with Crippen LogP contribution in [-0.4, -0.2) is 106 Å². The zero-order chi connectivity index (χ0) is 32.2. The zero-order valence-corrected chi connectivity index (χ0v) is 27.1. The summed E-state index contributed by atoms with van der Waals surface area (Å²) in [5.41, 5.74) is 2.17. The summed E-state index contributed by atoms with van der Waals surface area (Å²) in [5, 5.41) is 11.4. The molecular formula is C31H46N10O4. The van der Waals surface area contributed by atoms with Gasteiger partial charge in [-0.3, -0.25) is 9.59 Å². The van der Waals surface area contributed by atoms with Gasteiger partial charge in [0.05, 0.1) is 36.6 Å². The van der Waals surface area contributed by atoms with Crippen LogP contribution in [0.15, 0.2) is 31.0 Å². The van der Waals surface area contributed by atoms with E-state index in [1.807, 2.05) is 37.1 Å². The maximum atomic E-state index is 12.5. The van der Waals surface area contributed by atoms with Crippen molar-refractivity contribution >= 4 is 23.6 Å². The molecule has 14 heteroatoms. The number of Topliss-reactive ketones (excluding diaryl/α,β-unsaturated/α-hetero) is 1. The molecule has 3 aromatic rings. The molecule has 4 heterocycles. The lowest BCUT2D eigenvalue weighted by Gasteiger charge is -2.34. The van der Waals surface area contributed by atoms with Crippen molar-refractivity contribution in [1.82, 2.24) is 40.2 Å². The van der Waals surface area contributed by atoms with E-state index in [9.17, 15) is 9.59 Å². The molecule has 0 unspecified atom stereocenters. The fraction of sp³-hybridized carbons (Fsp3) is 0.613. The standard InChI is InChI=1S/C31H46N10O4/c1-23(2)27(42)7-14-45-16-15-44-13-6-8-32-28(43)25-20-35-30(36-21-25)40-11-9-39(10-12-40)29-33-18-24(19-34-29)17-26-22-41(38-37-26)31(3,4)5/h18-23H,6-17H2,1-5H3,(H,32,43). The van der Waals surface area contributed by atoms with E-state index in [2.05, 4.69) is 66.1 Å². The molecule has 1 N–H and O–H groups in total. The van der Waals surface area contributed by atoms with Crippen molar-refractivity contribution in [2.45, 2.75) is 59.4 Å². The number of nitrogens with zero attached hydrogens (tertiary/aromatic N) is 9. The van der Waals surface area contributed by atoms with Crippen LogP contribution in [0, 0.1) is 5.92 Å².